The quantitative estimate of drug-likeness (QED) is 0.604. The fraction of sp³-hybridized carbons (Fsp3) is 0.500. The third kappa shape index (κ3) is 1.89. The van der Waals surface area contributed by atoms with Crippen LogP contribution in [0.15, 0.2) is 9.53 Å². The van der Waals surface area contributed by atoms with E-state index in [4.69, 9.17) is 4.74 Å². The van der Waals surface area contributed by atoms with Gasteiger partial charge in [-0.05, 0) is 22.9 Å². The number of aryl methyl sites for hydroxylation is 1. The molecular weight excluding hydrogens is 320 g/mol. The number of rotatable bonds is 1. The lowest BCUT2D eigenvalue weighted by atomic mass is 10.2. The second kappa shape index (κ2) is 4.37. The van der Waals surface area contributed by atoms with Crippen molar-refractivity contribution in [3.63, 3.8) is 0 Å². The van der Waals surface area contributed by atoms with E-state index in [2.05, 4.69) is 30.9 Å². The van der Waals surface area contributed by atoms with Crippen LogP contribution in [0.25, 0.3) is 11.2 Å². The minimum Gasteiger partial charge on any atom is -0.388 e. The van der Waals surface area contributed by atoms with Crippen LogP contribution in [0.4, 0.5) is 0 Å². The van der Waals surface area contributed by atoms with Crippen molar-refractivity contribution >= 4 is 27.1 Å². The van der Waals surface area contributed by atoms with Crippen molar-refractivity contribution in [2.24, 2.45) is 0 Å². The monoisotopic (exact) mass is 330 g/mol. The molecule has 3 atom stereocenters. The van der Waals surface area contributed by atoms with E-state index >= 15 is 0 Å². The van der Waals surface area contributed by atoms with E-state index in [9.17, 15) is 15.0 Å². The Bertz CT molecular complexity index is 697. The van der Waals surface area contributed by atoms with Crippen LogP contribution >= 0.6 is 15.9 Å². The fourth-order valence-electron chi connectivity index (χ4n) is 2.10. The molecule has 0 aliphatic carbocycles. The van der Waals surface area contributed by atoms with Gasteiger partial charge in [0.2, 0.25) is 0 Å². The van der Waals surface area contributed by atoms with E-state index in [0.717, 1.165) is 0 Å². The SMILES string of the molecule is Cc1nc2c(nc(Br)n2C2OCC(O)C2O)c(=O)[nH]1. The first kappa shape index (κ1) is 12.7. The number of aliphatic hydroxyl groups is 2. The molecule has 3 heterocycles. The van der Waals surface area contributed by atoms with E-state index in [1.54, 1.807) is 6.92 Å². The summed E-state index contributed by atoms with van der Waals surface area (Å²) in [5, 5.41) is 19.4. The molecule has 0 bridgehead atoms. The van der Waals surface area contributed by atoms with Crippen LogP contribution < -0.4 is 5.56 Å². The second-order valence-corrected chi connectivity index (χ2v) is 5.07. The van der Waals surface area contributed by atoms with Gasteiger partial charge in [0.1, 0.15) is 18.0 Å². The average molecular weight is 331 g/mol. The van der Waals surface area contributed by atoms with E-state index in [1.165, 1.54) is 4.57 Å². The highest BCUT2D eigenvalue weighted by Gasteiger charge is 2.38. The number of H-pyrrole nitrogens is 1. The van der Waals surface area contributed by atoms with Crippen LogP contribution in [0.1, 0.15) is 12.1 Å². The molecule has 0 amide bonds. The summed E-state index contributed by atoms with van der Waals surface area (Å²) in [5.41, 5.74) is 0.0796. The van der Waals surface area contributed by atoms with Gasteiger partial charge in [-0.15, -0.1) is 0 Å². The Kier molecular flexibility index (Phi) is 2.93. The number of nitrogens with zero attached hydrogens (tertiary/aromatic N) is 3. The van der Waals surface area contributed by atoms with Crippen LogP contribution in [-0.4, -0.2) is 48.5 Å². The van der Waals surface area contributed by atoms with Crippen molar-refractivity contribution in [3.05, 3.63) is 20.9 Å². The highest BCUT2D eigenvalue weighted by molar-refractivity contribution is 9.10. The van der Waals surface area contributed by atoms with Crippen molar-refractivity contribution in [1.82, 2.24) is 19.5 Å². The van der Waals surface area contributed by atoms with Crippen LogP contribution in [-0.2, 0) is 4.74 Å². The number of halogens is 1. The summed E-state index contributed by atoms with van der Waals surface area (Å²) < 4.78 is 7.10. The van der Waals surface area contributed by atoms with Crippen LogP contribution in [0, 0.1) is 6.92 Å². The Hall–Kier alpha value is -1.29. The lowest BCUT2D eigenvalue weighted by molar-refractivity contribution is -0.0175. The third-order valence-corrected chi connectivity index (χ3v) is 3.56. The molecule has 19 heavy (non-hydrogen) atoms. The molecular formula is C10H11BrN4O4. The van der Waals surface area contributed by atoms with E-state index in [0.29, 0.717) is 16.2 Å². The van der Waals surface area contributed by atoms with Crippen molar-refractivity contribution in [1.29, 1.82) is 0 Å². The van der Waals surface area contributed by atoms with Crippen molar-refractivity contribution < 1.29 is 14.9 Å². The maximum Gasteiger partial charge on any atom is 0.279 e. The number of aromatic nitrogens is 4. The number of nitrogens with one attached hydrogen (secondary N) is 1. The number of hydrogen-bond acceptors (Lipinski definition) is 6. The lowest BCUT2D eigenvalue weighted by Gasteiger charge is -2.17. The molecule has 0 spiro atoms. The molecule has 1 aliphatic heterocycles. The molecule has 3 unspecified atom stereocenters. The zero-order valence-electron chi connectivity index (χ0n) is 9.87. The normalized spacial score (nSPS) is 27.3. The highest BCUT2D eigenvalue weighted by atomic mass is 79.9. The number of ether oxygens (including phenoxy) is 1. The summed E-state index contributed by atoms with van der Waals surface area (Å²) in [5.74, 6) is 0.430. The molecule has 1 fully saturated rings. The third-order valence-electron chi connectivity index (χ3n) is 3.00. The van der Waals surface area contributed by atoms with Crippen LogP contribution in [0.3, 0.4) is 0 Å². The van der Waals surface area contributed by atoms with Gasteiger partial charge in [-0.2, -0.15) is 0 Å². The smallest absolute Gasteiger partial charge is 0.279 e. The Morgan fingerprint density at radius 1 is 1.47 bits per heavy atom. The maximum atomic E-state index is 11.8. The first-order valence-corrected chi connectivity index (χ1v) is 6.40. The molecule has 1 saturated heterocycles. The van der Waals surface area contributed by atoms with Crippen molar-refractivity contribution in [2.75, 3.05) is 6.61 Å². The van der Waals surface area contributed by atoms with E-state index < -0.39 is 18.4 Å². The zero-order chi connectivity index (χ0) is 13.7. The van der Waals surface area contributed by atoms with Gasteiger partial charge < -0.3 is 19.9 Å². The van der Waals surface area contributed by atoms with Gasteiger partial charge in [0.15, 0.2) is 22.1 Å². The molecule has 0 saturated carbocycles. The van der Waals surface area contributed by atoms with Crippen LogP contribution in [0.2, 0.25) is 0 Å². The Morgan fingerprint density at radius 2 is 2.21 bits per heavy atom. The minimum atomic E-state index is -1.10. The molecule has 3 N–H and O–H groups in total. The lowest BCUT2D eigenvalue weighted by Crippen LogP contribution is -2.28. The van der Waals surface area contributed by atoms with Gasteiger partial charge >= 0.3 is 0 Å². The summed E-state index contributed by atoms with van der Waals surface area (Å²) in [4.78, 5) is 22.6. The summed E-state index contributed by atoms with van der Waals surface area (Å²) in [6.07, 6.45) is -2.91. The Balaban J connectivity index is 2.24. The number of fused-ring (bicyclic) bond motifs is 1. The van der Waals surface area contributed by atoms with Gasteiger partial charge in [-0.1, -0.05) is 0 Å². The summed E-state index contributed by atoms with van der Waals surface area (Å²) in [7, 11) is 0. The summed E-state index contributed by atoms with van der Waals surface area (Å²) >= 11 is 3.21. The highest BCUT2D eigenvalue weighted by Crippen LogP contribution is 2.30. The predicted octanol–water partition coefficient (Wildman–Crippen LogP) is -0.559. The molecule has 2 aromatic heterocycles. The Morgan fingerprint density at radius 3 is 2.84 bits per heavy atom. The van der Waals surface area contributed by atoms with Gasteiger partial charge in [0.25, 0.3) is 5.56 Å². The number of hydrogen-bond donors (Lipinski definition) is 3. The zero-order valence-corrected chi connectivity index (χ0v) is 11.5. The second-order valence-electron chi connectivity index (χ2n) is 4.36. The largest absolute Gasteiger partial charge is 0.388 e. The molecule has 9 heteroatoms. The van der Waals surface area contributed by atoms with Crippen LogP contribution in [0.5, 0.6) is 0 Å². The fourth-order valence-corrected chi connectivity index (χ4v) is 2.65. The Labute approximate surface area is 115 Å². The van der Waals surface area contributed by atoms with Gasteiger partial charge in [0, 0.05) is 0 Å². The summed E-state index contributed by atoms with van der Waals surface area (Å²) in [6.45, 7) is 1.66. The van der Waals surface area contributed by atoms with E-state index in [-0.39, 0.29) is 17.7 Å². The maximum absolute atomic E-state index is 11.8. The standard InChI is InChI=1S/C10H11BrN4O4/c1-3-12-7-5(8(18)13-3)14-10(11)15(7)9-6(17)4(16)2-19-9/h4,6,9,16-17H,2H2,1H3,(H,12,13,18). The molecule has 2 aromatic rings. The molecule has 1 aliphatic rings. The molecule has 0 radical (unpaired) electrons. The van der Waals surface area contributed by atoms with E-state index in [1.807, 2.05) is 0 Å². The van der Waals surface area contributed by atoms with Gasteiger partial charge in [0.05, 0.1) is 6.61 Å². The first-order chi connectivity index (χ1) is 8.99. The first-order valence-electron chi connectivity index (χ1n) is 5.61. The topological polar surface area (TPSA) is 113 Å². The molecule has 102 valence electrons. The molecule has 3 rings (SSSR count). The summed E-state index contributed by atoms with van der Waals surface area (Å²) in [6, 6.07) is 0. The number of aliphatic hydroxyl groups excluding tert-OH is 2. The molecule has 0 aromatic carbocycles. The van der Waals surface area contributed by atoms with Crippen molar-refractivity contribution in [3.8, 4) is 0 Å². The molecule has 8 nitrogen and oxygen atoms in total. The predicted molar refractivity (Wildman–Crippen MR) is 67.6 cm³/mol. The number of imidazole rings is 1. The van der Waals surface area contributed by atoms with Gasteiger partial charge in [-0.25, -0.2) is 9.97 Å². The van der Waals surface area contributed by atoms with Gasteiger partial charge in [-0.3, -0.25) is 9.36 Å². The van der Waals surface area contributed by atoms with Crippen molar-refractivity contribution in [2.45, 2.75) is 25.4 Å². The average Bonchev–Trinajstić information content (AvgIpc) is 2.82. The number of aromatic amines is 1. The minimum absolute atomic E-state index is 0.0140.